The van der Waals surface area contributed by atoms with Gasteiger partial charge in [0.15, 0.2) is 0 Å². The Morgan fingerprint density at radius 3 is 2.24 bits per heavy atom. The Morgan fingerprint density at radius 1 is 0.929 bits per heavy atom. The first-order valence-corrected chi connectivity index (χ1v) is 14.8. The Kier molecular flexibility index (Phi) is 11.5. The molecule has 10 nitrogen and oxygen atoms in total. The van der Waals surface area contributed by atoms with Gasteiger partial charge in [-0.1, -0.05) is 54.8 Å². The average molecular weight is 581 g/mol. The number of hydrogen-bond donors (Lipinski definition) is 2. The smallest absolute Gasteiger partial charge is 0.432 e. The van der Waals surface area contributed by atoms with Crippen LogP contribution in [0.2, 0.25) is 0 Å². The number of rotatable bonds is 16. The van der Waals surface area contributed by atoms with Gasteiger partial charge >= 0.3 is 6.16 Å². The summed E-state index contributed by atoms with van der Waals surface area (Å²) in [4.78, 5) is 53.2. The Bertz CT molecular complexity index is 1260. The summed E-state index contributed by atoms with van der Waals surface area (Å²) in [5.74, 6) is -1.37. The van der Waals surface area contributed by atoms with Gasteiger partial charge in [0, 0.05) is 44.9 Å². The molecule has 0 radical (unpaired) electrons. The van der Waals surface area contributed by atoms with Gasteiger partial charge in [0.2, 0.25) is 5.91 Å². The minimum Gasteiger partial charge on any atom is -0.432 e. The standard InChI is InChI=1S/C32H40N2O8/c1-2-6-22-9-11-24-25-12-10-23(7-5-8-29(36)33-15-18-40-17-4-3-16-35)20-27(25)28(26(24)19-22)21-41-32(39)42-34-30(37)13-14-31(34)38/h9-12,19-20,28,35H,2-8,13-18,21H2,1H3,(H,33,36). The summed E-state index contributed by atoms with van der Waals surface area (Å²) >= 11 is 0. The molecule has 1 aliphatic heterocycles. The fourth-order valence-electron chi connectivity index (χ4n) is 5.37. The number of aryl methyl sites for hydroxylation is 2. The maximum absolute atomic E-state index is 12.4. The zero-order chi connectivity index (χ0) is 29.9. The summed E-state index contributed by atoms with van der Waals surface area (Å²) in [6.07, 6.45) is 4.18. The van der Waals surface area contributed by atoms with Gasteiger partial charge in [-0.2, -0.15) is 0 Å². The maximum Gasteiger partial charge on any atom is 0.533 e. The van der Waals surface area contributed by atoms with E-state index in [1.807, 2.05) is 0 Å². The van der Waals surface area contributed by atoms with Crippen molar-refractivity contribution in [2.24, 2.45) is 0 Å². The van der Waals surface area contributed by atoms with E-state index in [4.69, 9.17) is 19.4 Å². The molecule has 226 valence electrons. The molecule has 10 heteroatoms. The topological polar surface area (TPSA) is 131 Å². The van der Waals surface area contributed by atoms with Crippen LogP contribution in [0.5, 0.6) is 0 Å². The zero-order valence-corrected chi connectivity index (χ0v) is 24.2. The number of carbonyl (C=O) groups is 4. The number of benzene rings is 2. The Balaban J connectivity index is 1.36. The number of amides is 3. The van der Waals surface area contributed by atoms with Crippen LogP contribution in [-0.4, -0.2) is 67.0 Å². The average Bonchev–Trinajstić information content (AvgIpc) is 3.46. The highest BCUT2D eigenvalue weighted by Crippen LogP contribution is 2.46. The predicted octanol–water partition coefficient (Wildman–Crippen LogP) is 4.20. The third-order valence-corrected chi connectivity index (χ3v) is 7.49. The molecule has 1 fully saturated rings. The van der Waals surface area contributed by atoms with E-state index in [0.29, 0.717) is 50.5 Å². The third kappa shape index (κ3) is 8.17. The number of fused-ring (bicyclic) bond motifs is 3. The molecular weight excluding hydrogens is 540 g/mol. The molecule has 4 rings (SSSR count). The van der Waals surface area contributed by atoms with Crippen molar-refractivity contribution in [3.05, 3.63) is 58.7 Å². The van der Waals surface area contributed by atoms with E-state index in [0.717, 1.165) is 47.1 Å². The van der Waals surface area contributed by atoms with Gasteiger partial charge in [-0.05, 0) is 65.5 Å². The molecular formula is C32H40N2O8. The van der Waals surface area contributed by atoms with Gasteiger partial charge in [-0.15, -0.1) is 0 Å². The lowest BCUT2D eigenvalue weighted by Gasteiger charge is -2.17. The molecule has 2 aromatic carbocycles. The first-order valence-electron chi connectivity index (χ1n) is 14.8. The minimum absolute atomic E-state index is 0.00143. The Labute approximate surface area is 246 Å². The van der Waals surface area contributed by atoms with Crippen LogP contribution in [0.4, 0.5) is 4.79 Å². The molecule has 1 aliphatic carbocycles. The van der Waals surface area contributed by atoms with E-state index in [1.54, 1.807) is 0 Å². The number of nitrogens with zero attached hydrogens (tertiary/aromatic N) is 1. The maximum atomic E-state index is 12.4. The van der Waals surface area contributed by atoms with Crippen LogP contribution in [-0.2, 0) is 41.5 Å². The van der Waals surface area contributed by atoms with Gasteiger partial charge in [0.25, 0.3) is 11.8 Å². The molecule has 1 atom stereocenters. The molecule has 0 aromatic heterocycles. The first kappa shape index (κ1) is 31.2. The van der Waals surface area contributed by atoms with E-state index in [1.165, 1.54) is 5.56 Å². The van der Waals surface area contributed by atoms with Crippen molar-refractivity contribution in [2.45, 2.75) is 70.6 Å². The quantitative estimate of drug-likeness (QED) is 0.172. The van der Waals surface area contributed by atoms with Crippen molar-refractivity contribution in [3.63, 3.8) is 0 Å². The highest BCUT2D eigenvalue weighted by Gasteiger charge is 2.35. The second-order valence-corrected chi connectivity index (χ2v) is 10.6. The van der Waals surface area contributed by atoms with Crippen LogP contribution in [0, 0.1) is 0 Å². The lowest BCUT2D eigenvalue weighted by Crippen LogP contribution is -2.32. The molecule has 2 aliphatic rings. The van der Waals surface area contributed by atoms with Crippen LogP contribution in [0.3, 0.4) is 0 Å². The SMILES string of the molecule is CCCc1ccc2c(c1)C(COC(=O)ON1C(=O)CCC1=O)c1cc(CCCC(=O)NCCOCCCCO)ccc1-2. The highest BCUT2D eigenvalue weighted by molar-refractivity contribution is 6.01. The molecule has 42 heavy (non-hydrogen) atoms. The second kappa shape index (κ2) is 15.5. The fraction of sp³-hybridized carbons (Fsp3) is 0.500. The number of hydroxylamine groups is 2. The zero-order valence-electron chi connectivity index (χ0n) is 24.2. The molecule has 2 aromatic rings. The van der Waals surface area contributed by atoms with Gasteiger partial charge in [0.1, 0.15) is 6.61 Å². The molecule has 1 heterocycles. The van der Waals surface area contributed by atoms with Crippen LogP contribution in [0.25, 0.3) is 11.1 Å². The van der Waals surface area contributed by atoms with E-state index >= 15 is 0 Å². The largest absolute Gasteiger partial charge is 0.533 e. The molecule has 0 bridgehead atoms. The highest BCUT2D eigenvalue weighted by atomic mass is 16.8. The number of aliphatic hydroxyl groups excluding tert-OH is 1. The number of carbonyl (C=O) groups excluding carboxylic acids is 4. The fourth-order valence-corrected chi connectivity index (χ4v) is 5.37. The Hall–Kier alpha value is -3.76. The third-order valence-electron chi connectivity index (χ3n) is 7.49. The molecule has 0 saturated carbocycles. The number of aliphatic hydroxyl groups is 1. The van der Waals surface area contributed by atoms with Crippen molar-refractivity contribution in [1.29, 1.82) is 0 Å². The number of unbranched alkanes of at least 4 members (excludes halogenated alkanes) is 1. The normalized spacial score (nSPS) is 15.5. The second-order valence-electron chi connectivity index (χ2n) is 10.6. The Morgan fingerprint density at radius 2 is 1.60 bits per heavy atom. The van der Waals surface area contributed by atoms with Gasteiger partial charge in [-0.3, -0.25) is 19.2 Å². The van der Waals surface area contributed by atoms with E-state index in [9.17, 15) is 19.2 Å². The molecule has 2 N–H and O–H groups in total. The van der Waals surface area contributed by atoms with Crippen molar-refractivity contribution in [1.82, 2.24) is 10.4 Å². The van der Waals surface area contributed by atoms with Gasteiger partial charge in [0.05, 0.1) is 6.61 Å². The lowest BCUT2D eigenvalue weighted by molar-refractivity contribution is -0.177. The number of hydrogen-bond acceptors (Lipinski definition) is 8. The van der Waals surface area contributed by atoms with Crippen molar-refractivity contribution >= 4 is 23.9 Å². The van der Waals surface area contributed by atoms with E-state index in [-0.39, 0.29) is 37.9 Å². The summed E-state index contributed by atoms with van der Waals surface area (Å²) in [7, 11) is 0. The van der Waals surface area contributed by atoms with Gasteiger partial charge < -0.3 is 19.9 Å². The first-order chi connectivity index (χ1) is 20.4. The van der Waals surface area contributed by atoms with Crippen molar-refractivity contribution in [2.75, 3.05) is 33.0 Å². The van der Waals surface area contributed by atoms with Crippen LogP contribution < -0.4 is 5.32 Å². The van der Waals surface area contributed by atoms with Crippen LogP contribution >= 0.6 is 0 Å². The van der Waals surface area contributed by atoms with E-state index < -0.39 is 18.0 Å². The van der Waals surface area contributed by atoms with Crippen molar-refractivity contribution < 1.29 is 38.6 Å². The van der Waals surface area contributed by atoms with E-state index in [2.05, 4.69) is 48.6 Å². The summed E-state index contributed by atoms with van der Waals surface area (Å²) in [6.45, 7) is 3.76. The molecule has 3 amide bonds. The monoisotopic (exact) mass is 580 g/mol. The predicted molar refractivity (Wildman–Crippen MR) is 154 cm³/mol. The molecule has 0 spiro atoms. The molecule has 1 saturated heterocycles. The number of ether oxygens (including phenoxy) is 2. The van der Waals surface area contributed by atoms with Gasteiger partial charge in [-0.25, -0.2) is 4.79 Å². The summed E-state index contributed by atoms with van der Waals surface area (Å²) in [6, 6.07) is 12.7. The van der Waals surface area contributed by atoms with Crippen LogP contribution in [0.15, 0.2) is 36.4 Å². The minimum atomic E-state index is -1.09. The lowest BCUT2D eigenvalue weighted by atomic mass is 9.94. The van der Waals surface area contributed by atoms with Crippen molar-refractivity contribution in [3.8, 4) is 11.1 Å². The summed E-state index contributed by atoms with van der Waals surface area (Å²) < 4.78 is 10.9. The molecule has 1 unspecified atom stereocenters. The number of imide groups is 1. The summed E-state index contributed by atoms with van der Waals surface area (Å²) in [5.41, 5.74) is 6.52. The number of nitrogens with one attached hydrogen (secondary N) is 1. The summed E-state index contributed by atoms with van der Waals surface area (Å²) in [5, 5.41) is 12.1. The van der Waals surface area contributed by atoms with Crippen LogP contribution in [0.1, 0.15) is 80.0 Å².